The summed E-state index contributed by atoms with van der Waals surface area (Å²) in [7, 11) is 0. The lowest BCUT2D eigenvalue weighted by Crippen LogP contribution is -2.29. The van der Waals surface area contributed by atoms with E-state index in [1.807, 2.05) is 24.3 Å². The number of hydrogen-bond acceptors (Lipinski definition) is 3. The van der Waals surface area contributed by atoms with Gasteiger partial charge in [-0.05, 0) is 17.0 Å². The van der Waals surface area contributed by atoms with Crippen LogP contribution in [0.5, 0.6) is 0 Å². The van der Waals surface area contributed by atoms with Crippen molar-refractivity contribution in [3.8, 4) is 0 Å². The number of benzene rings is 1. The molecule has 0 aliphatic heterocycles. The molecule has 0 aliphatic carbocycles. The minimum absolute atomic E-state index is 0.0318. The average molecular weight is 273 g/mol. The maximum Gasteiger partial charge on any atom is 0.319 e. The molecule has 0 spiro atoms. The maximum absolute atomic E-state index is 11.9. The van der Waals surface area contributed by atoms with E-state index in [9.17, 15) is 4.79 Å². The van der Waals surface area contributed by atoms with Crippen LogP contribution in [-0.4, -0.2) is 11.2 Å². The highest BCUT2D eigenvalue weighted by molar-refractivity contribution is 5.90. The zero-order valence-corrected chi connectivity index (χ0v) is 11.9. The molecule has 0 fully saturated rings. The van der Waals surface area contributed by atoms with Gasteiger partial charge in [-0.1, -0.05) is 44.1 Å². The zero-order chi connectivity index (χ0) is 14.6. The molecule has 2 N–H and O–H groups in total. The van der Waals surface area contributed by atoms with Crippen molar-refractivity contribution < 1.29 is 9.32 Å². The van der Waals surface area contributed by atoms with Crippen molar-refractivity contribution in [2.24, 2.45) is 0 Å². The number of carbonyl (C=O) groups is 1. The van der Waals surface area contributed by atoms with Crippen molar-refractivity contribution in [2.45, 2.75) is 32.7 Å². The van der Waals surface area contributed by atoms with E-state index in [0.29, 0.717) is 12.2 Å². The van der Waals surface area contributed by atoms with Crippen LogP contribution in [0.4, 0.5) is 10.5 Å². The molecule has 5 nitrogen and oxygen atoms in total. The Bertz CT molecular complexity index is 571. The Labute approximate surface area is 118 Å². The van der Waals surface area contributed by atoms with Gasteiger partial charge in [0.05, 0.1) is 6.54 Å². The van der Waals surface area contributed by atoms with Crippen LogP contribution in [0.25, 0.3) is 0 Å². The molecule has 1 aromatic carbocycles. The number of aromatic nitrogens is 1. The second-order valence-electron chi connectivity index (χ2n) is 5.59. The number of rotatable bonds is 3. The average Bonchev–Trinajstić information content (AvgIpc) is 2.89. The first-order chi connectivity index (χ1) is 9.47. The monoisotopic (exact) mass is 273 g/mol. The first kappa shape index (κ1) is 14.1. The Hall–Kier alpha value is -2.30. The van der Waals surface area contributed by atoms with Crippen LogP contribution in [0.2, 0.25) is 0 Å². The summed E-state index contributed by atoms with van der Waals surface area (Å²) >= 11 is 0. The fourth-order valence-electron chi connectivity index (χ4n) is 1.91. The van der Waals surface area contributed by atoms with Crippen molar-refractivity contribution in [3.63, 3.8) is 0 Å². The van der Waals surface area contributed by atoms with Gasteiger partial charge in [0.15, 0.2) is 0 Å². The molecular formula is C15H19N3O2. The summed E-state index contributed by atoms with van der Waals surface area (Å²) < 4.78 is 4.71. The minimum Gasteiger partial charge on any atom is -0.364 e. The summed E-state index contributed by atoms with van der Waals surface area (Å²) in [6, 6.07) is 9.25. The molecule has 106 valence electrons. The molecule has 1 heterocycles. The summed E-state index contributed by atoms with van der Waals surface area (Å²) in [4.78, 5) is 11.9. The Morgan fingerprint density at radius 2 is 2.00 bits per heavy atom. The molecule has 0 saturated carbocycles. The molecule has 0 unspecified atom stereocenters. The van der Waals surface area contributed by atoms with Crippen LogP contribution in [0.1, 0.15) is 32.0 Å². The molecule has 2 rings (SSSR count). The van der Waals surface area contributed by atoms with Gasteiger partial charge in [0, 0.05) is 11.8 Å². The fraction of sp³-hybridized carbons (Fsp3) is 0.333. The van der Waals surface area contributed by atoms with Gasteiger partial charge in [-0.3, -0.25) is 0 Å². The fourth-order valence-corrected chi connectivity index (χ4v) is 1.91. The lowest BCUT2D eigenvalue weighted by molar-refractivity contribution is 0.251. The lowest BCUT2D eigenvalue weighted by atomic mass is 9.86. The standard InChI is InChI=1S/C15H19N3O2/c1-15(2,3)12-6-4-5-7-13(12)17-14(19)16-10-11-8-9-20-18-11/h4-9H,10H2,1-3H3,(H2,16,17,19). The molecule has 0 atom stereocenters. The number of carbonyl (C=O) groups excluding carboxylic acids is 1. The molecule has 0 aliphatic rings. The number of nitrogens with zero attached hydrogens (tertiary/aromatic N) is 1. The van der Waals surface area contributed by atoms with Gasteiger partial charge in [0.2, 0.25) is 0 Å². The van der Waals surface area contributed by atoms with Gasteiger partial charge in [0.25, 0.3) is 0 Å². The second kappa shape index (κ2) is 5.77. The van der Waals surface area contributed by atoms with E-state index in [4.69, 9.17) is 4.52 Å². The summed E-state index contributed by atoms with van der Waals surface area (Å²) in [5.41, 5.74) is 2.56. The topological polar surface area (TPSA) is 67.2 Å². The van der Waals surface area contributed by atoms with Crippen LogP contribution in [0.3, 0.4) is 0 Å². The molecule has 0 saturated heterocycles. The smallest absolute Gasteiger partial charge is 0.319 e. The van der Waals surface area contributed by atoms with Gasteiger partial charge in [0.1, 0.15) is 12.0 Å². The molecule has 5 heteroatoms. The molecule has 1 aromatic heterocycles. The Balaban J connectivity index is 2.01. The number of urea groups is 1. The highest BCUT2D eigenvalue weighted by atomic mass is 16.5. The van der Waals surface area contributed by atoms with Gasteiger partial charge in [-0.25, -0.2) is 4.79 Å². The van der Waals surface area contributed by atoms with E-state index in [1.54, 1.807) is 6.07 Å². The molecule has 0 bridgehead atoms. The molecule has 20 heavy (non-hydrogen) atoms. The SMILES string of the molecule is CC(C)(C)c1ccccc1NC(=O)NCc1ccon1. The van der Waals surface area contributed by atoms with Crippen LogP contribution in [0, 0.1) is 0 Å². The van der Waals surface area contributed by atoms with E-state index in [-0.39, 0.29) is 11.4 Å². The summed E-state index contributed by atoms with van der Waals surface area (Å²) in [6.45, 7) is 6.67. The Morgan fingerprint density at radius 1 is 1.25 bits per heavy atom. The van der Waals surface area contributed by atoms with Crippen molar-refractivity contribution in [1.29, 1.82) is 0 Å². The highest BCUT2D eigenvalue weighted by Crippen LogP contribution is 2.29. The first-order valence-electron chi connectivity index (χ1n) is 6.50. The Morgan fingerprint density at radius 3 is 2.65 bits per heavy atom. The number of hydrogen-bond donors (Lipinski definition) is 2. The third kappa shape index (κ3) is 3.60. The van der Waals surface area contributed by atoms with Crippen LogP contribution in [-0.2, 0) is 12.0 Å². The Kier molecular flexibility index (Phi) is 4.08. The van der Waals surface area contributed by atoms with E-state index >= 15 is 0 Å². The van der Waals surface area contributed by atoms with E-state index in [0.717, 1.165) is 11.3 Å². The summed E-state index contributed by atoms with van der Waals surface area (Å²) in [6.07, 6.45) is 1.48. The van der Waals surface area contributed by atoms with Gasteiger partial charge in [-0.15, -0.1) is 0 Å². The van der Waals surface area contributed by atoms with Gasteiger partial charge < -0.3 is 15.2 Å². The second-order valence-corrected chi connectivity index (χ2v) is 5.59. The number of para-hydroxylation sites is 1. The third-order valence-electron chi connectivity index (χ3n) is 2.90. The van der Waals surface area contributed by atoms with Gasteiger partial charge in [-0.2, -0.15) is 0 Å². The minimum atomic E-state index is -0.260. The number of amides is 2. The van der Waals surface area contributed by atoms with Crippen molar-refractivity contribution >= 4 is 11.7 Å². The third-order valence-corrected chi connectivity index (χ3v) is 2.90. The largest absolute Gasteiger partial charge is 0.364 e. The summed E-state index contributed by atoms with van der Waals surface area (Å²) in [5, 5.41) is 9.35. The number of nitrogens with one attached hydrogen (secondary N) is 2. The van der Waals surface area contributed by atoms with E-state index in [1.165, 1.54) is 6.26 Å². The molecule has 0 radical (unpaired) electrons. The predicted octanol–water partition coefficient (Wildman–Crippen LogP) is 3.29. The predicted molar refractivity (Wildman–Crippen MR) is 77.5 cm³/mol. The van der Waals surface area contributed by atoms with E-state index < -0.39 is 0 Å². The quantitative estimate of drug-likeness (QED) is 0.901. The van der Waals surface area contributed by atoms with Crippen molar-refractivity contribution in [3.05, 3.63) is 47.9 Å². The van der Waals surface area contributed by atoms with Crippen LogP contribution >= 0.6 is 0 Å². The van der Waals surface area contributed by atoms with Crippen molar-refractivity contribution in [2.75, 3.05) is 5.32 Å². The first-order valence-corrected chi connectivity index (χ1v) is 6.50. The van der Waals surface area contributed by atoms with Crippen LogP contribution in [0.15, 0.2) is 41.1 Å². The normalized spacial score (nSPS) is 11.2. The molecular weight excluding hydrogens is 254 g/mol. The van der Waals surface area contributed by atoms with E-state index in [2.05, 4.69) is 36.6 Å². The van der Waals surface area contributed by atoms with Crippen molar-refractivity contribution in [1.82, 2.24) is 10.5 Å². The highest BCUT2D eigenvalue weighted by Gasteiger charge is 2.18. The molecule has 2 amide bonds. The lowest BCUT2D eigenvalue weighted by Gasteiger charge is -2.23. The maximum atomic E-state index is 11.9. The zero-order valence-electron chi connectivity index (χ0n) is 11.9. The van der Waals surface area contributed by atoms with Crippen LogP contribution < -0.4 is 10.6 Å². The number of anilines is 1. The summed E-state index contributed by atoms with van der Waals surface area (Å²) in [5.74, 6) is 0. The molecule has 2 aromatic rings. The van der Waals surface area contributed by atoms with Gasteiger partial charge >= 0.3 is 6.03 Å².